The number of benzene rings is 3. The standard InChI is InChI=1S/C17H20N2S.C11H17NO3.2ClH/c1-18(2)12-7-13-19-14-8-3-5-10-16(14)20-17-11-6-4-9-15(17)19;1-7(12)11(13)9-6-8(14-2)4-5-10(9)15-3;;/h3-6,8-11H,7,12-13H2,1-2H3;4-7,11,13H,12H2,1-3H3;2*1H. The average Bonchev–Trinajstić information content (AvgIpc) is 2.87. The van der Waals surface area contributed by atoms with Crippen LogP contribution in [-0.2, 0) is 0 Å². The SMILES string of the molecule is CN(C)CCCN1c2ccccc2Sc2ccccc21.COc1ccc(OC)c(C(O)C(C)N)c1.Cl.Cl. The zero-order valence-corrected chi connectivity index (χ0v) is 24.5. The molecule has 0 amide bonds. The maximum absolute atomic E-state index is 9.87. The van der Waals surface area contributed by atoms with Gasteiger partial charge in [0.25, 0.3) is 0 Å². The van der Waals surface area contributed by atoms with E-state index < -0.39 is 6.10 Å². The fourth-order valence-electron chi connectivity index (χ4n) is 3.92. The molecular weight excluding hydrogens is 529 g/mol. The van der Waals surface area contributed by atoms with E-state index in [0.717, 1.165) is 13.1 Å². The Morgan fingerprint density at radius 2 is 1.49 bits per heavy atom. The molecule has 0 saturated heterocycles. The lowest BCUT2D eigenvalue weighted by molar-refractivity contribution is 0.149. The molecule has 0 saturated carbocycles. The minimum Gasteiger partial charge on any atom is -0.497 e. The minimum atomic E-state index is -0.755. The molecule has 0 aromatic heterocycles. The molecule has 3 N–H and O–H groups in total. The van der Waals surface area contributed by atoms with E-state index in [-0.39, 0.29) is 30.9 Å². The lowest BCUT2D eigenvalue weighted by atomic mass is 10.0. The van der Waals surface area contributed by atoms with Gasteiger partial charge in [0.15, 0.2) is 0 Å². The lowest BCUT2D eigenvalue weighted by Gasteiger charge is -2.33. The molecule has 0 aliphatic carbocycles. The van der Waals surface area contributed by atoms with Gasteiger partial charge < -0.3 is 30.1 Å². The van der Waals surface area contributed by atoms with Crippen LogP contribution in [0.5, 0.6) is 11.5 Å². The number of nitrogens with zero attached hydrogens (tertiary/aromatic N) is 2. The summed E-state index contributed by atoms with van der Waals surface area (Å²) in [5, 5.41) is 9.87. The van der Waals surface area contributed by atoms with Crippen LogP contribution in [0.2, 0.25) is 0 Å². The van der Waals surface area contributed by atoms with Gasteiger partial charge in [0.2, 0.25) is 0 Å². The first-order chi connectivity index (χ1) is 16.8. The highest BCUT2D eigenvalue weighted by atomic mass is 35.5. The van der Waals surface area contributed by atoms with Gasteiger partial charge in [0.05, 0.1) is 31.7 Å². The van der Waals surface area contributed by atoms with E-state index in [1.165, 1.54) is 27.6 Å². The highest BCUT2D eigenvalue weighted by molar-refractivity contribution is 7.99. The third-order valence-electron chi connectivity index (χ3n) is 5.77. The van der Waals surface area contributed by atoms with Gasteiger partial charge in [-0.2, -0.15) is 0 Å². The van der Waals surface area contributed by atoms with Gasteiger partial charge in [0, 0.05) is 27.9 Å². The molecule has 1 aliphatic rings. The van der Waals surface area contributed by atoms with E-state index in [9.17, 15) is 5.11 Å². The van der Waals surface area contributed by atoms with Crippen LogP contribution in [0.3, 0.4) is 0 Å². The maximum atomic E-state index is 9.87. The van der Waals surface area contributed by atoms with Gasteiger partial charge >= 0.3 is 0 Å². The van der Waals surface area contributed by atoms with Crippen molar-refractivity contribution in [3.8, 4) is 11.5 Å². The largest absolute Gasteiger partial charge is 0.497 e. The van der Waals surface area contributed by atoms with Gasteiger partial charge in [-0.3, -0.25) is 0 Å². The van der Waals surface area contributed by atoms with Gasteiger partial charge in [-0.25, -0.2) is 0 Å². The molecule has 0 bridgehead atoms. The molecule has 2 unspecified atom stereocenters. The summed E-state index contributed by atoms with van der Waals surface area (Å²) in [6.07, 6.45) is 0.412. The Morgan fingerprint density at radius 3 is 1.97 bits per heavy atom. The number of rotatable bonds is 8. The Labute approximate surface area is 238 Å². The van der Waals surface area contributed by atoms with Crippen LogP contribution < -0.4 is 20.1 Å². The van der Waals surface area contributed by atoms with Crippen molar-refractivity contribution in [3.05, 3.63) is 72.3 Å². The number of aliphatic hydroxyl groups excluding tert-OH is 1. The second-order valence-corrected chi connectivity index (χ2v) is 9.84. The molecule has 0 fully saturated rings. The highest BCUT2D eigenvalue weighted by Gasteiger charge is 2.22. The third kappa shape index (κ3) is 8.70. The second kappa shape index (κ2) is 16.0. The van der Waals surface area contributed by atoms with Gasteiger partial charge in [-0.15, -0.1) is 24.8 Å². The predicted octanol–water partition coefficient (Wildman–Crippen LogP) is 6.17. The van der Waals surface area contributed by atoms with Crippen LogP contribution in [0.1, 0.15) is 25.0 Å². The molecule has 2 atom stereocenters. The number of anilines is 2. The smallest absolute Gasteiger partial charge is 0.124 e. The Balaban J connectivity index is 0.000000366. The molecule has 3 aromatic carbocycles. The second-order valence-electron chi connectivity index (χ2n) is 8.76. The highest BCUT2D eigenvalue weighted by Crippen LogP contribution is 2.47. The number of hydrogen-bond acceptors (Lipinski definition) is 7. The summed E-state index contributed by atoms with van der Waals surface area (Å²) in [5.41, 5.74) is 8.97. The molecule has 6 nitrogen and oxygen atoms in total. The summed E-state index contributed by atoms with van der Waals surface area (Å²) in [6.45, 7) is 3.92. The number of hydrogen-bond donors (Lipinski definition) is 2. The predicted molar refractivity (Wildman–Crippen MR) is 160 cm³/mol. The Kier molecular flexibility index (Phi) is 14.2. The third-order valence-corrected chi connectivity index (χ3v) is 6.90. The van der Waals surface area contributed by atoms with Crippen molar-refractivity contribution in [1.82, 2.24) is 4.90 Å². The first-order valence-corrected chi connectivity index (χ1v) is 12.6. The van der Waals surface area contributed by atoms with Crippen molar-refractivity contribution < 1.29 is 14.6 Å². The fourth-order valence-corrected chi connectivity index (χ4v) is 5.02. The van der Waals surface area contributed by atoms with Crippen LogP contribution in [0, 0.1) is 0 Å². The fraction of sp³-hybridized carbons (Fsp3) is 0.357. The summed E-state index contributed by atoms with van der Waals surface area (Å²) in [5.74, 6) is 1.28. The molecule has 1 aliphatic heterocycles. The van der Waals surface area contributed by atoms with E-state index in [1.807, 2.05) is 11.8 Å². The van der Waals surface area contributed by atoms with Crippen LogP contribution >= 0.6 is 36.6 Å². The van der Waals surface area contributed by atoms with Crippen molar-refractivity contribution in [2.24, 2.45) is 5.73 Å². The Morgan fingerprint density at radius 1 is 0.919 bits per heavy atom. The minimum absolute atomic E-state index is 0. The molecule has 1 heterocycles. The number of halogens is 2. The van der Waals surface area contributed by atoms with Crippen LogP contribution in [0.15, 0.2) is 76.5 Å². The molecule has 37 heavy (non-hydrogen) atoms. The van der Waals surface area contributed by atoms with Gasteiger partial charge in [-0.05, 0) is 76.4 Å². The lowest BCUT2D eigenvalue weighted by Crippen LogP contribution is -2.25. The number of aliphatic hydroxyl groups is 1. The van der Waals surface area contributed by atoms with Gasteiger partial charge in [0.1, 0.15) is 11.5 Å². The topological polar surface area (TPSA) is 71.2 Å². The van der Waals surface area contributed by atoms with Crippen molar-refractivity contribution in [2.45, 2.75) is 35.3 Å². The monoisotopic (exact) mass is 567 g/mol. The summed E-state index contributed by atoms with van der Waals surface area (Å²) in [4.78, 5) is 7.42. The number of ether oxygens (including phenoxy) is 2. The van der Waals surface area contributed by atoms with Crippen molar-refractivity contribution in [1.29, 1.82) is 0 Å². The van der Waals surface area contributed by atoms with E-state index >= 15 is 0 Å². The summed E-state index contributed by atoms with van der Waals surface area (Å²) in [7, 11) is 7.39. The van der Waals surface area contributed by atoms with E-state index in [0.29, 0.717) is 17.1 Å². The molecule has 4 rings (SSSR count). The zero-order chi connectivity index (χ0) is 25.4. The van der Waals surface area contributed by atoms with Crippen LogP contribution in [-0.4, -0.2) is 57.5 Å². The normalized spacial score (nSPS) is 13.0. The first-order valence-electron chi connectivity index (χ1n) is 11.8. The number of fused-ring (bicyclic) bond motifs is 2. The number of para-hydroxylation sites is 2. The van der Waals surface area contributed by atoms with Crippen molar-refractivity contribution in [2.75, 3.05) is 46.3 Å². The number of nitrogens with two attached hydrogens (primary N) is 1. The van der Waals surface area contributed by atoms with Crippen molar-refractivity contribution in [3.63, 3.8) is 0 Å². The zero-order valence-electron chi connectivity index (χ0n) is 22.1. The maximum Gasteiger partial charge on any atom is 0.124 e. The molecule has 9 heteroatoms. The molecule has 0 radical (unpaired) electrons. The quantitative estimate of drug-likeness (QED) is 0.337. The van der Waals surface area contributed by atoms with Crippen LogP contribution in [0.4, 0.5) is 11.4 Å². The molecule has 204 valence electrons. The Hall–Kier alpha value is -2.13. The number of methoxy groups -OCH3 is 2. The molecule has 3 aromatic rings. The first kappa shape index (κ1) is 32.9. The summed E-state index contributed by atoms with van der Waals surface area (Å²) < 4.78 is 10.2. The summed E-state index contributed by atoms with van der Waals surface area (Å²) >= 11 is 1.87. The van der Waals surface area contributed by atoms with Gasteiger partial charge in [-0.1, -0.05) is 36.0 Å². The van der Waals surface area contributed by atoms with E-state index in [2.05, 4.69) is 72.4 Å². The molecule has 0 spiro atoms. The Bertz CT molecular complexity index is 1060. The van der Waals surface area contributed by atoms with E-state index in [1.54, 1.807) is 39.3 Å². The molecular formula is C28H39Cl2N3O3S. The van der Waals surface area contributed by atoms with Crippen molar-refractivity contribution >= 4 is 48.0 Å². The van der Waals surface area contributed by atoms with E-state index in [4.69, 9.17) is 15.2 Å². The van der Waals surface area contributed by atoms with Crippen LogP contribution in [0.25, 0.3) is 0 Å². The average molecular weight is 569 g/mol. The summed E-state index contributed by atoms with van der Waals surface area (Å²) in [6, 6.07) is 22.3.